The smallest absolute Gasteiger partial charge is 0.270 e. The summed E-state index contributed by atoms with van der Waals surface area (Å²) in [5.74, 6) is 0.820. The summed E-state index contributed by atoms with van der Waals surface area (Å²) < 4.78 is 0. The van der Waals surface area contributed by atoms with Crippen molar-refractivity contribution in [3.8, 4) is 0 Å². The lowest BCUT2D eigenvalue weighted by molar-refractivity contribution is -0.384. The highest BCUT2D eigenvalue weighted by Crippen LogP contribution is 2.21. The largest absolute Gasteiger partial charge is 0.368 e. The summed E-state index contributed by atoms with van der Waals surface area (Å²) in [7, 11) is 0. The molecule has 21 heavy (non-hydrogen) atoms. The Bertz CT molecular complexity index is 628. The predicted molar refractivity (Wildman–Crippen MR) is 85.6 cm³/mol. The predicted octanol–water partition coefficient (Wildman–Crippen LogP) is 4.52. The van der Waals surface area contributed by atoms with E-state index in [1.165, 1.54) is 25.3 Å². The van der Waals surface area contributed by atoms with E-state index in [4.69, 9.17) is 0 Å². The first-order chi connectivity index (χ1) is 10.1. The van der Waals surface area contributed by atoms with E-state index in [9.17, 15) is 10.1 Å². The van der Waals surface area contributed by atoms with E-state index in [-0.39, 0.29) is 10.6 Å². The maximum atomic E-state index is 10.8. The molecule has 0 saturated carbocycles. The average molecular weight is 287 g/mol. The molecule has 0 bridgehead atoms. The van der Waals surface area contributed by atoms with Gasteiger partial charge in [-0.3, -0.25) is 10.1 Å². The third-order valence-electron chi connectivity index (χ3n) is 3.52. The topological polar surface area (TPSA) is 68.1 Å². The lowest BCUT2D eigenvalue weighted by Gasteiger charge is -2.14. The molecule has 0 fully saturated rings. The Balaban J connectivity index is 2.08. The number of rotatable bonds is 7. The maximum Gasteiger partial charge on any atom is 0.270 e. The Kier molecular flexibility index (Phi) is 5.09. The average Bonchev–Trinajstić information content (AvgIpc) is 2.46. The van der Waals surface area contributed by atoms with E-state index in [2.05, 4.69) is 24.1 Å². The van der Waals surface area contributed by atoms with Crippen LogP contribution in [0.2, 0.25) is 0 Å². The number of nitro groups is 1. The van der Waals surface area contributed by atoms with Crippen molar-refractivity contribution in [3.05, 3.63) is 40.4 Å². The maximum absolute atomic E-state index is 10.8. The van der Waals surface area contributed by atoms with Crippen LogP contribution in [0.25, 0.3) is 10.9 Å². The number of anilines is 1. The Morgan fingerprint density at radius 2 is 2.10 bits per heavy atom. The van der Waals surface area contributed by atoms with Gasteiger partial charge in [-0.2, -0.15) is 0 Å². The standard InChI is InChI=1S/C16H21N3O2/c1-3-4-5-6-12(2)17-16-10-7-13-11-14(19(20)21)8-9-15(13)18-16/h7-12H,3-6H2,1-2H3,(H,17,18). The second-order valence-electron chi connectivity index (χ2n) is 5.37. The fraction of sp³-hybridized carbons (Fsp3) is 0.438. The lowest BCUT2D eigenvalue weighted by Crippen LogP contribution is -2.15. The lowest BCUT2D eigenvalue weighted by atomic mass is 10.1. The van der Waals surface area contributed by atoms with Crippen molar-refractivity contribution in [2.75, 3.05) is 5.32 Å². The second kappa shape index (κ2) is 7.02. The number of hydrogen-bond donors (Lipinski definition) is 1. The highest BCUT2D eigenvalue weighted by Gasteiger charge is 2.08. The van der Waals surface area contributed by atoms with Gasteiger partial charge in [0.25, 0.3) is 5.69 Å². The fourth-order valence-electron chi connectivity index (χ4n) is 2.33. The fourth-order valence-corrected chi connectivity index (χ4v) is 2.33. The Hall–Kier alpha value is -2.17. The number of non-ortho nitro benzene ring substituents is 1. The monoisotopic (exact) mass is 287 g/mol. The van der Waals surface area contributed by atoms with Crippen molar-refractivity contribution in [1.29, 1.82) is 0 Å². The van der Waals surface area contributed by atoms with Crippen LogP contribution in [-0.4, -0.2) is 15.9 Å². The SMILES string of the molecule is CCCCCC(C)Nc1ccc2cc([N+](=O)[O-])ccc2n1. The van der Waals surface area contributed by atoms with Crippen LogP contribution in [0.4, 0.5) is 11.5 Å². The van der Waals surface area contributed by atoms with Gasteiger partial charge >= 0.3 is 0 Å². The summed E-state index contributed by atoms with van der Waals surface area (Å²) in [6.45, 7) is 4.35. The van der Waals surface area contributed by atoms with Crippen LogP contribution in [0.1, 0.15) is 39.5 Å². The Morgan fingerprint density at radius 3 is 2.81 bits per heavy atom. The van der Waals surface area contributed by atoms with Gasteiger partial charge in [0.2, 0.25) is 0 Å². The van der Waals surface area contributed by atoms with Gasteiger partial charge in [-0.15, -0.1) is 0 Å². The van der Waals surface area contributed by atoms with Crippen LogP contribution in [0.3, 0.4) is 0 Å². The molecule has 0 aliphatic carbocycles. The summed E-state index contributed by atoms with van der Waals surface area (Å²) in [6, 6.07) is 8.86. The van der Waals surface area contributed by atoms with E-state index in [0.717, 1.165) is 23.1 Å². The zero-order valence-corrected chi connectivity index (χ0v) is 12.5. The molecule has 1 unspecified atom stereocenters. The van der Waals surface area contributed by atoms with Crippen molar-refractivity contribution in [2.24, 2.45) is 0 Å². The number of hydrogen-bond acceptors (Lipinski definition) is 4. The molecule has 0 spiro atoms. The molecule has 0 aliphatic rings. The van der Waals surface area contributed by atoms with Crippen molar-refractivity contribution < 1.29 is 4.92 Å². The minimum Gasteiger partial charge on any atom is -0.368 e. The third-order valence-corrected chi connectivity index (χ3v) is 3.52. The molecule has 2 aromatic rings. The van der Waals surface area contributed by atoms with Gasteiger partial charge in [-0.25, -0.2) is 4.98 Å². The molecule has 0 amide bonds. The first-order valence-electron chi connectivity index (χ1n) is 7.42. The van der Waals surface area contributed by atoms with Crippen LogP contribution in [0, 0.1) is 10.1 Å². The molecule has 0 saturated heterocycles. The van der Waals surface area contributed by atoms with Gasteiger partial charge in [0.15, 0.2) is 0 Å². The van der Waals surface area contributed by atoms with Crippen LogP contribution in [-0.2, 0) is 0 Å². The summed E-state index contributed by atoms with van der Waals surface area (Å²) in [5.41, 5.74) is 0.865. The molecule has 2 rings (SSSR count). The molecule has 1 aromatic heterocycles. The van der Waals surface area contributed by atoms with E-state index in [0.29, 0.717) is 6.04 Å². The normalized spacial score (nSPS) is 12.3. The van der Waals surface area contributed by atoms with Crippen LogP contribution in [0.15, 0.2) is 30.3 Å². The summed E-state index contributed by atoms with van der Waals surface area (Å²) in [4.78, 5) is 14.9. The number of nitro benzene ring substituents is 1. The molecular formula is C16H21N3O2. The van der Waals surface area contributed by atoms with E-state index < -0.39 is 0 Å². The molecule has 5 heteroatoms. The molecule has 0 aliphatic heterocycles. The first-order valence-corrected chi connectivity index (χ1v) is 7.42. The van der Waals surface area contributed by atoms with Gasteiger partial charge in [0.05, 0.1) is 10.4 Å². The minimum absolute atomic E-state index is 0.0953. The van der Waals surface area contributed by atoms with E-state index >= 15 is 0 Å². The number of nitrogens with one attached hydrogen (secondary N) is 1. The molecule has 1 atom stereocenters. The Labute approximate surface area is 124 Å². The van der Waals surface area contributed by atoms with Gasteiger partial charge in [0, 0.05) is 23.6 Å². The molecule has 0 radical (unpaired) electrons. The van der Waals surface area contributed by atoms with Crippen molar-refractivity contribution in [3.63, 3.8) is 0 Å². The summed E-state index contributed by atoms with van der Waals surface area (Å²) in [5, 5.41) is 14.9. The van der Waals surface area contributed by atoms with E-state index in [1.807, 2.05) is 12.1 Å². The molecular weight excluding hydrogens is 266 g/mol. The van der Waals surface area contributed by atoms with Crippen LogP contribution >= 0.6 is 0 Å². The molecule has 112 valence electrons. The molecule has 5 nitrogen and oxygen atoms in total. The quantitative estimate of drug-likeness (QED) is 0.461. The number of fused-ring (bicyclic) bond motifs is 1. The molecule has 1 heterocycles. The number of nitrogens with zero attached hydrogens (tertiary/aromatic N) is 2. The summed E-state index contributed by atoms with van der Waals surface area (Å²) >= 11 is 0. The number of unbranched alkanes of at least 4 members (excludes halogenated alkanes) is 2. The van der Waals surface area contributed by atoms with Crippen molar-refractivity contribution >= 4 is 22.4 Å². The number of pyridine rings is 1. The molecule has 1 N–H and O–H groups in total. The zero-order chi connectivity index (χ0) is 15.2. The van der Waals surface area contributed by atoms with Gasteiger partial charge < -0.3 is 5.32 Å². The Morgan fingerprint density at radius 1 is 1.29 bits per heavy atom. The number of benzene rings is 1. The van der Waals surface area contributed by atoms with Crippen LogP contribution < -0.4 is 5.32 Å². The second-order valence-corrected chi connectivity index (χ2v) is 5.37. The number of aromatic nitrogens is 1. The molecule has 1 aromatic carbocycles. The van der Waals surface area contributed by atoms with Crippen LogP contribution in [0.5, 0.6) is 0 Å². The van der Waals surface area contributed by atoms with Crippen molar-refractivity contribution in [1.82, 2.24) is 4.98 Å². The third kappa shape index (κ3) is 4.15. The highest BCUT2D eigenvalue weighted by molar-refractivity contribution is 5.82. The first kappa shape index (κ1) is 15.2. The van der Waals surface area contributed by atoms with E-state index in [1.54, 1.807) is 12.1 Å². The van der Waals surface area contributed by atoms with Crippen molar-refractivity contribution in [2.45, 2.75) is 45.6 Å². The minimum atomic E-state index is -0.387. The van der Waals surface area contributed by atoms with Gasteiger partial charge in [-0.05, 0) is 31.5 Å². The zero-order valence-electron chi connectivity index (χ0n) is 12.5. The highest BCUT2D eigenvalue weighted by atomic mass is 16.6. The van der Waals surface area contributed by atoms with Gasteiger partial charge in [0.1, 0.15) is 5.82 Å². The summed E-state index contributed by atoms with van der Waals surface area (Å²) in [6.07, 6.45) is 4.80. The van der Waals surface area contributed by atoms with Gasteiger partial charge in [-0.1, -0.05) is 26.2 Å².